The second-order valence-corrected chi connectivity index (χ2v) is 12.6. The van der Waals surface area contributed by atoms with Crippen LogP contribution in [-0.4, -0.2) is 19.1 Å². The first-order valence-corrected chi connectivity index (χ1v) is 15.4. The fraction of sp³-hybridized carbons (Fsp3) is 0. The van der Waals surface area contributed by atoms with E-state index in [9.17, 15) is 5.26 Å². The minimum absolute atomic E-state index is 0.110. The summed E-state index contributed by atoms with van der Waals surface area (Å²) in [6.45, 7) is 7.64. The van der Waals surface area contributed by atoms with Crippen LogP contribution in [0.15, 0.2) is 133 Å². The Balaban J connectivity index is 1.25. The van der Waals surface area contributed by atoms with Crippen molar-refractivity contribution in [3.05, 3.63) is 156 Å². The van der Waals surface area contributed by atoms with Gasteiger partial charge in [0.05, 0.1) is 0 Å². The van der Waals surface area contributed by atoms with Gasteiger partial charge in [-0.2, -0.15) is 0 Å². The van der Waals surface area contributed by atoms with Gasteiger partial charge in [0, 0.05) is 0 Å². The summed E-state index contributed by atoms with van der Waals surface area (Å²) < 4.78 is 4.99. The molecule has 194 valence electrons. The van der Waals surface area contributed by atoms with E-state index in [1.807, 2.05) is 18.2 Å². The number of hydrogen-bond donors (Lipinski definition) is 0. The Hall–Kier alpha value is -5.38. The second-order valence-electron chi connectivity index (χ2n) is 10.3. The predicted octanol–water partition coefficient (Wildman–Crippen LogP) is 9.36. The van der Waals surface area contributed by atoms with Crippen LogP contribution in [0.4, 0.5) is 0 Å². The first-order chi connectivity index (χ1) is 20.7. The third-order valence-corrected chi connectivity index (χ3v) is 10.6. The molecule has 0 spiro atoms. The van der Waals surface area contributed by atoms with Crippen molar-refractivity contribution in [2.24, 2.45) is 0 Å². The molecule has 1 aliphatic carbocycles. The number of fused-ring (bicyclic) bond motifs is 6. The molecule has 42 heavy (non-hydrogen) atoms. The SMILES string of the molecule is [C-]#[N+]/C(C#N)=C1/c2ccccc2-c2ccc(-c3ccc(-c4ccc5c6ccccc6n(-c6ccccc6)c5c4)[se]3)cc21. The van der Waals surface area contributed by atoms with Crippen LogP contribution in [0.25, 0.3) is 69.0 Å². The van der Waals surface area contributed by atoms with Gasteiger partial charge in [-0.25, -0.2) is 0 Å². The van der Waals surface area contributed by atoms with E-state index in [0.29, 0.717) is 0 Å². The van der Waals surface area contributed by atoms with Crippen molar-refractivity contribution < 1.29 is 0 Å². The monoisotopic (exact) mass is 599 g/mol. The molecule has 0 N–H and O–H groups in total. The molecule has 0 unspecified atom stereocenters. The zero-order valence-corrected chi connectivity index (χ0v) is 24.1. The molecule has 0 saturated carbocycles. The van der Waals surface area contributed by atoms with Gasteiger partial charge in [0.25, 0.3) is 0 Å². The summed E-state index contributed by atoms with van der Waals surface area (Å²) in [6, 6.07) is 47.2. The van der Waals surface area contributed by atoms with Crippen LogP contribution < -0.4 is 0 Å². The predicted molar refractivity (Wildman–Crippen MR) is 172 cm³/mol. The Morgan fingerprint density at radius 2 is 1.26 bits per heavy atom. The number of benzene rings is 5. The summed E-state index contributed by atoms with van der Waals surface area (Å²) in [7, 11) is 0. The average Bonchev–Trinajstić information content (AvgIpc) is 3.75. The number of nitriles is 1. The van der Waals surface area contributed by atoms with Crippen molar-refractivity contribution in [3.8, 4) is 42.9 Å². The number of rotatable bonds is 3. The third-order valence-electron chi connectivity index (χ3n) is 8.09. The molecule has 2 aromatic heterocycles. The topological polar surface area (TPSA) is 33.1 Å². The van der Waals surface area contributed by atoms with Crippen molar-refractivity contribution in [2.75, 3.05) is 0 Å². The molecule has 1 aliphatic rings. The van der Waals surface area contributed by atoms with Crippen LogP contribution in [0.1, 0.15) is 11.1 Å². The summed E-state index contributed by atoms with van der Waals surface area (Å²) >= 11 is 0.110. The Labute approximate surface area is 249 Å². The van der Waals surface area contributed by atoms with Gasteiger partial charge in [-0.1, -0.05) is 0 Å². The Morgan fingerprint density at radius 3 is 2.05 bits per heavy atom. The Bertz CT molecular complexity index is 2300. The zero-order valence-electron chi connectivity index (χ0n) is 22.4. The van der Waals surface area contributed by atoms with Gasteiger partial charge in [-0.15, -0.1) is 0 Å². The molecule has 8 rings (SSSR count). The van der Waals surface area contributed by atoms with Gasteiger partial charge >= 0.3 is 250 Å². The normalized spacial score (nSPS) is 13.0. The summed E-state index contributed by atoms with van der Waals surface area (Å²) in [5.41, 5.74) is 10.9. The molecular weight excluding hydrogens is 577 g/mol. The van der Waals surface area contributed by atoms with E-state index in [2.05, 4.69) is 125 Å². The van der Waals surface area contributed by atoms with Gasteiger partial charge < -0.3 is 0 Å². The van der Waals surface area contributed by atoms with E-state index in [1.165, 1.54) is 36.2 Å². The van der Waals surface area contributed by atoms with Crippen molar-refractivity contribution in [2.45, 2.75) is 0 Å². The van der Waals surface area contributed by atoms with Crippen LogP contribution in [0.5, 0.6) is 0 Å². The van der Waals surface area contributed by atoms with Crippen molar-refractivity contribution in [1.29, 1.82) is 5.26 Å². The van der Waals surface area contributed by atoms with Gasteiger partial charge in [-0.3, -0.25) is 0 Å². The second kappa shape index (κ2) is 9.62. The van der Waals surface area contributed by atoms with Crippen LogP contribution in [0, 0.1) is 17.9 Å². The van der Waals surface area contributed by atoms with Gasteiger partial charge in [0.15, 0.2) is 0 Å². The molecule has 2 heterocycles. The molecule has 3 nitrogen and oxygen atoms in total. The number of allylic oxidation sites excluding steroid dienone is 1. The molecule has 0 amide bonds. The average molecular weight is 599 g/mol. The van der Waals surface area contributed by atoms with Crippen molar-refractivity contribution in [1.82, 2.24) is 4.57 Å². The van der Waals surface area contributed by atoms with Crippen molar-refractivity contribution in [3.63, 3.8) is 0 Å². The van der Waals surface area contributed by atoms with E-state index in [0.717, 1.165) is 39.1 Å². The van der Waals surface area contributed by atoms with E-state index in [-0.39, 0.29) is 20.2 Å². The molecule has 0 aliphatic heterocycles. The van der Waals surface area contributed by atoms with E-state index in [1.54, 1.807) is 0 Å². The molecule has 5 aromatic carbocycles. The number of nitrogens with zero attached hydrogens (tertiary/aromatic N) is 3. The summed E-state index contributed by atoms with van der Waals surface area (Å²) in [6.07, 6.45) is 0. The van der Waals surface area contributed by atoms with Crippen LogP contribution >= 0.6 is 0 Å². The molecular formula is C38H21N3Se. The van der Waals surface area contributed by atoms with E-state index >= 15 is 0 Å². The Morgan fingerprint density at radius 1 is 0.619 bits per heavy atom. The maximum absolute atomic E-state index is 9.75. The van der Waals surface area contributed by atoms with Crippen LogP contribution in [0.2, 0.25) is 0 Å². The summed E-state index contributed by atoms with van der Waals surface area (Å²) in [4.78, 5) is 3.58. The quantitative estimate of drug-likeness (QED) is 0.113. The number of para-hydroxylation sites is 2. The van der Waals surface area contributed by atoms with Gasteiger partial charge in [-0.05, 0) is 0 Å². The molecule has 0 bridgehead atoms. The first kappa shape index (κ1) is 24.4. The molecule has 7 aromatic rings. The first-order valence-electron chi connectivity index (χ1n) is 13.7. The molecule has 0 radical (unpaired) electrons. The molecule has 0 atom stereocenters. The zero-order chi connectivity index (χ0) is 28.2. The van der Waals surface area contributed by atoms with E-state index < -0.39 is 0 Å². The third kappa shape index (κ3) is 3.64. The minimum atomic E-state index is 0.110. The van der Waals surface area contributed by atoms with E-state index in [4.69, 9.17) is 6.57 Å². The fourth-order valence-electron chi connectivity index (χ4n) is 6.24. The van der Waals surface area contributed by atoms with Gasteiger partial charge in [0.2, 0.25) is 0 Å². The summed E-state index contributed by atoms with van der Waals surface area (Å²) in [5, 5.41) is 12.3. The van der Waals surface area contributed by atoms with Crippen LogP contribution in [0.3, 0.4) is 0 Å². The van der Waals surface area contributed by atoms with Gasteiger partial charge in [0.1, 0.15) is 0 Å². The van der Waals surface area contributed by atoms with Crippen molar-refractivity contribution >= 4 is 41.9 Å². The van der Waals surface area contributed by atoms with Crippen LogP contribution in [-0.2, 0) is 0 Å². The summed E-state index contributed by atoms with van der Waals surface area (Å²) in [5.74, 6) is 0. The molecule has 0 fully saturated rings. The standard InChI is InChI=1S/C38H21N3Se/c1-40-33(23-39)38-31-13-6-5-11-27(31)28-17-15-24(21-32(28)38)36-19-20-37(42-36)25-16-18-30-29-12-7-8-14-34(29)41(35(30)22-25)26-9-3-2-4-10-26/h2-22H/b38-33-. The maximum atomic E-state index is 9.75. The Kier molecular flexibility index (Phi) is 5.59. The molecule has 0 saturated heterocycles. The number of aromatic nitrogens is 1. The molecule has 4 heteroatoms. The number of hydrogen-bond acceptors (Lipinski definition) is 1. The fourth-order valence-corrected chi connectivity index (χ4v) is 8.33.